The first-order valence-electron chi connectivity index (χ1n) is 8.95. The molecular formula is C18H27N3O4S. The fraction of sp³-hybridized carbons (Fsp3) is 0.556. The van der Waals surface area contributed by atoms with Gasteiger partial charge in [0.2, 0.25) is 15.9 Å². The van der Waals surface area contributed by atoms with Crippen LogP contribution in [0.3, 0.4) is 0 Å². The molecule has 0 saturated heterocycles. The molecular weight excluding hydrogens is 354 g/mol. The molecule has 1 aromatic carbocycles. The SMILES string of the molecule is CCCC1(NC(=O)c2cccc(S(=O)(=O)N[C@H](C)C(=O)NCC)c2)CC1. The summed E-state index contributed by atoms with van der Waals surface area (Å²) in [4.78, 5) is 24.2. The summed E-state index contributed by atoms with van der Waals surface area (Å²) < 4.78 is 27.3. The lowest BCUT2D eigenvalue weighted by Gasteiger charge is -2.17. The van der Waals surface area contributed by atoms with Crippen molar-refractivity contribution in [2.45, 2.75) is 62.9 Å². The van der Waals surface area contributed by atoms with Crippen LogP contribution in [0.15, 0.2) is 29.2 Å². The second-order valence-corrected chi connectivity index (χ2v) is 8.46. The highest BCUT2D eigenvalue weighted by Gasteiger charge is 2.43. The monoisotopic (exact) mass is 381 g/mol. The van der Waals surface area contributed by atoms with Crippen LogP contribution in [-0.4, -0.2) is 38.4 Å². The summed E-state index contributed by atoms with van der Waals surface area (Å²) in [6, 6.07) is 4.95. The van der Waals surface area contributed by atoms with E-state index in [0.29, 0.717) is 12.1 Å². The number of sulfonamides is 1. The fourth-order valence-corrected chi connectivity index (χ4v) is 4.11. The highest BCUT2D eigenvalue weighted by atomic mass is 32.2. The van der Waals surface area contributed by atoms with E-state index in [9.17, 15) is 18.0 Å². The molecule has 1 fully saturated rings. The van der Waals surface area contributed by atoms with Crippen LogP contribution in [0.25, 0.3) is 0 Å². The van der Waals surface area contributed by atoms with Crippen LogP contribution in [0.1, 0.15) is 56.8 Å². The van der Waals surface area contributed by atoms with Crippen molar-refractivity contribution in [2.75, 3.05) is 6.54 Å². The van der Waals surface area contributed by atoms with Crippen LogP contribution >= 0.6 is 0 Å². The quantitative estimate of drug-likeness (QED) is 0.604. The maximum absolute atomic E-state index is 12.5. The number of carbonyl (C=O) groups excluding carboxylic acids is 2. The van der Waals surface area contributed by atoms with Crippen molar-refractivity contribution in [3.05, 3.63) is 29.8 Å². The molecule has 1 atom stereocenters. The van der Waals surface area contributed by atoms with Crippen molar-refractivity contribution in [2.24, 2.45) is 0 Å². The number of rotatable bonds is 9. The molecule has 0 heterocycles. The maximum Gasteiger partial charge on any atom is 0.251 e. The molecule has 1 aromatic rings. The average molecular weight is 381 g/mol. The standard InChI is InChI=1S/C18H27N3O4S/c1-4-9-18(10-11-18)20-17(23)14-7-6-8-15(12-14)26(24,25)21-13(3)16(22)19-5-2/h6-8,12-13,21H,4-5,9-11H2,1-3H3,(H,19,22)(H,20,23)/t13-/m1/s1. The molecule has 0 radical (unpaired) electrons. The van der Waals surface area contributed by atoms with Gasteiger partial charge in [-0.3, -0.25) is 9.59 Å². The Morgan fingerprint density at radius 2 is 1.92 bits per heavy atom. The first kappa shape index (κ1) is 20.4. The summed E-state index contributed by atoms with van der Waals surface area (Å²) in [5.74, 6) is -0.676. The Hall–Kier alpha value is -1.93. The third-order valence-electron chi connectivity index (χ3n) is 4.44. The number of carbonyl (C=O) groups is 2. The lowest BCUT2D eigenvalue weighted by molar-refractivity contribution is -0.122. The number of amides is 2. The van der Waals surface area contributed by atoms with Gasteiger partial charge < -0.3 is 10.6 Å². The molecule has 144 valence electrons. The van der Waals surface area contributed by atoms with Gasteiger partial charge in [-0.2, -0.15) is 4.72 Å². The maximum atomic E-state index is 12.5. The van der Waals surface area contributed by atoms with Gasteiger partial charge in [-0.1, -0.05) is 19.4 Å². The van der Waals surface area contributed by atoms with E-state index in [-0.39, 0.29) is 16.3 Å². The molecule has 2 rings (SSSR count). The molecule has 7 nitrogen and oxygen atoms in total. The Balaban J connectivity index is 2.12. The van der Waals surface area contributed by atoms with Gasteiger partial charge in [-0.15, -0.1) is 0 Å². The van der Waals surface area contributed by atoms with Crippen LogP contribution in [0.4, 0.5) is 0 Å². The van der Waals surface area contributed by atoms with E-state index in [2.05, 4.69) is 22.3 Å². The Morgan fingerprint density at radius 3 is 2.50 bits per heavy atom. The predicted octanol–water partition coefficient (Wildman–Crippen LogP) is 1.55. The van der Waals surface area contributed by atoms with E-state index < -0.39 is 22.0 Å². The number of hydrogen-bond donors (Lipinski definition) is 3. The van der Waals surface area contributed by atoms with Gasteiger partial charge in [0.25, 0.3) is 5.91 Å². The highest BCUT2D eigenvalue weighted by molar-refractivity contribution is 7.89. The zero-order chi connectivity index (χ0) is 19.4. The molecule has 0 unspecified atom stereocenters. The molecule has 1 aliphatic carbocycles. The smallest absolute Gasteiger partial charge is 0.251 e. The fourth-order valence-electron chi connectivity index (χ4n) is 2.87. The van der Waals surface area contributed by atoms with Crippen LogP contribution < -0.4 is 15.4 Å². The molecule has 3 N–H and O–H groups in total. The second kappa shape index (κ2) is 8.18. The van der Waals surface area contributed by atoms with E-state index in [1.807, 2.05) is 0 Å². The summed E-state index contributed by atoms with van der Waals surface area (Å²) in [7, 11) is -3.91. The number of nitrogens with one attached hydrogen (secondary N) is 3. The molecule has 0 aromatic heterocycles. The average Bonchev–Trinajstić information content (AvgIpc) is 3.34. The van der Waals surface area contributed by atoms with E-state index in [0.717, 1.165) is 25.7 Å². The largest absolute Gasteiger partial charge is 0.355 e. The van der Waals surface area contributed by atoms with Crippen molar-refractivity contribution < 1.29 is 18.0 Å². The van der Waals surface area contributed by atoms with Crippen molar-refractivity contribution in [1.29, 1.82) is 0 Å². The first-order valence-corrected chi connectivity index (χ1v) is 10.4. The second-order valence-electron chi connectivity index (χ2n) is 6.75. The zero-order valence-corrected chi connectivity index (χ0v) is 16.3. The van der Waals surface area contributed by atoms with Gasteiger partial charge in [-0.05, 0) is 51.3 Å². The number of hydrogen-bond acceptors (Lipinski definition) is 4. The Labute approximate surface area is 155 Å². The van der Waals surface area contributed by atoms with Crippen LogP contribution in [0.5, 0.6) is 0 Å². The van der Waals surface area contributed by atoms with Crippen LogP contribution in [0.2, 0.25) is 0 Å². The summed E-state index contributed by atoms with van der Waals surface area (Å²) in [5, 5.41) is 5.58. The van der Waals surface area contributed by atoms with Crippen molar-refractivity contribution >= 4 is 21.8 Å². The topological polar surface area (TPSA) is 104 Å². The van der Waals surface area contributed by atoms with E-state index >= 15 is 0 Å². The number of likely N-dealkylation sites (N-methyl/N-ethyl adjacent to an activating group) is 1. The van der Waals surface area contributed by atoms with Crippen LogP contribution in [-0.2, 0) is 14.8 Å². The van der Waals surface area contributed by atoms with Crippen molar-refractivity contribution in [3.8, 4) is 0 Å². The Bertz CT molecular complexity index is 772. The summed E-state index contributed by atoms with van der Waals surface area (Å²) in [5.41, 5.74) is 0.159. The van der Waals surface area contributed by atoms with E-state index in [1.54, 1.807) is 13.0 Å². The third kappa shape index (κ3) is 5.04. The van der Waals surface area contributed by atoms with Crippen molar-refractivity contribution in [1.82, 2.24) is 15.4 Å². The molecule has 8 heteroatoms. The molecule has 26 heavy (non-hydrogen) atoms. The molecule has 0 aliphatic heterocycles. The van der Waals surface area contributed by atoms with Gasteiger partial charge in [0, 0.05) is 17.6 Å². The summed E-state index contributed by atoms with van der Waals surface area (Å²) in [6.45, 7) is 5.72. The normalized spacial score (nSPS) is 16.6. The minimum absolute atomic E-state index is 0.0402. The van der Waals surface area contributed by atoms with E-state index in [1.165, 1.54) is 25.1 Å². The van der Waals surface area contributed by atoms with Gasteiger partial charge in [0.15, 0.2) is 0 Å². The van der Waals surface area contributed by atoms with Gasteiger partial charge in [0.1, 0.15) is 0 Å². The zero-order valence-electron chi connectivity index (χ0n) is 15.5. The molecule has 1 aliphatic rings. The van der Waals surface area contributed by atoms with Gasteiger partial charge in [0.05, 0.1) is 10.9 Å². The Morgan fingerprint density at radius 1 is 1.23 bits per heavy atom. The minimum atomic E-state index is -3.91. The summed E-state index contributed by atoms with van der Waals surface area (Å²) >= 11 is 0. The van der Waals surface area contributed by atoms with E-state index in [4.69, 9.17) is 0 Å². The Kier molecular flexibility index (Phi) is 6.41. The molecule has 0 spiro atoms. The third-order valence-corrected chi connectivity index (χ3v) is 5.98. The minimum Gasteiger partial charge on any atom is -0.355 e. The van der Waals surface area contributed by atoms with Gasteiger partial charge >= 0.3 is 0 Å². The highest BCUT2D eigenvalue weighted by Crippen LogP contribution is 2.39. The molecule has 1 saturated carbocycles. The number of benzene rings is 1. The molecule has 2 amide bonds. The van der Waals surface area contributed by atoms with Crippen LogP contribution in [0, 0.1) is 0 Å². The predicted molar refractivity (Wildman–Crippen MR) is 99.2 cm³/mol. The lowest BCUT2D eigenvalue weighted by atomic mass is 10.1. The molecule has 0 bridgehead atoms. The lowest BCUT2D eigenvalue weighted by Crippen LogP contribution is -2.44. The van der Waals surface area contributed by atoms with Crippen molar-refractivity contribution in [3.63, 3.8) is 0 Å². The van der Waals surface area contributed by atoms with Gasteiger partial charge in [-0.25, -0.2) is 8.42 Å². The summed E-state index contributed by atoms with van der Waals surface area (Å²) in [6.07, 6.45) is 3.81. The first-order chi connectivity index (χ1) is 12.2.